The van der Waals surface area contributed by atoms with E-state index < -0.39 is 4.92 Å². The molecular weight excluding hydrogens is 390 g/mol. The fourth-order valence-corrected chi connectivity index (χ4v) is 2.97. The maximum absolute atomic E-state index is 12.3. The van der Waals surface area contributed by atoms with Crippen LogP contribution >= 0.6 is 15.9 Å². The topological polar surface area (TPSA) is 92.5 Å². The number of carbonyl (C=O) groups excluding carboxylic acids is 2. The Kier molecular flexibility index (Phi) is 4.80. The van der Waals surface area contributed by atoms with Gasteiger partial charge < -0.3 is 10.2 Å². The Hall–Kier alpha value is -2.74. The Morgan fingerprint density at radius 1 is 1.20 bits per heavy atom. The van der Waals surface area contributed by atoms with Crippen molar-refractivity contribution in [2.24, 2.45) is 0 Å². The molecule has 7 nitrogen and oxygen atoms in total. The highest BCUT2D eigenvalue weighted by molar-refractivity contribution is 9.10. The van der Waals surface area contributed by atoms with Gasteiger partial charge in [0.1, 0.15) is 6.54 Å². The number of anilines is 2. The number of nitro benzene ring substituents is 1. The second-order valence-electron chi connectivity index (χ2n) is 5.61. The van der Waals surface area contributed by atoms with Gasteiger partial charge in [-0.3, -0.25) is 19.7 Å². The van der Waals surface area contributed by atoms with Crippen molar-refractivity contribution in [2.45, 2.75) is 12.8 Å². The van der Waals surface area contributed by atoms with Gasteiger partial charge in [0.15, 0.2) is 0 Å². The third-order valence-corrected chi connectivity index (χ3v) is 4.43. The quantitative estimate of drug-likeness (QED) is 0.625. The van der Waals surface area contributed by atoms with E-state index in [9.17, 15) is 19.7 Å². The molecule has 0 saturated heterocycles. The van der Waals surface area contributed by atoms with Gasteiger partial charge in [-0.15, -0.1) is 0 Å². The molecule has 0 aliphatic carbocycles. The molecule has 0 aromatic heterocycles. The van der Waals surface area contributed by atoms with Gasteiger partial charge >= 0.3 is 0 Å². The van der Waals surface area contributed by atoms with Crippen LogP contribution in [0.25, 0.3) is 0 Å². The molecule has 3 rings (SSSR count). The molecule has 0 fully saturated rings. The highest BCUT2D eigenvalue weighted by Crippen LogP contribution is 2.31. The van der Waals surface area contributed by atoms with Crippen LogP contribution in [0.4, 0.5) is 17.1 Å². The van der Waals surface area contributed by atoms with Crippen molar-refractivity contribution < 1.29 is 14.5 Å². The van der Waals surface area contributed by atoms with E-state index in [1.165, 1.54) is 23.1 Å². The number of halogens is 1. The zero-order chi connectivity index (χ0) is 18.0. The van der Waals surface area contributed by atoms with Crippen molar-refractivity contribution in [3.05, 3.63) is 62.6 Å². The Labute approximate surface area is 151 Å². The fourth-order valence-electron chi connectivity index (χ4n) is 2.71. The summed E-state index contributed by atoms with van der Waals surface area (Å²) in [4.78, 5) is 36.3. The molecular formula is C17H14BrN3O4. The molecule has 25 heavy (non-hydrogen) atoms. The molecule has 0 saturated carbocycles. The number of fused-ring (bicyclic) bond motifs is 1. The Morgan fingerprint density at radius 2 is 1.92 bits per heavy atom. The number of rotatable bonds is 4. The molecule has 1 aliphatic heterocycles. The first-order chi connectivity index (χ1) is 11.9. The van der Waals surface area contributed by atoms with Crippen LogP contribution in [0.15, 0.2) is 46.9 Å². The Morgan fingerprint density at radius 3 is 2.60 bits per heavy atom. The fraction of sp³-hybridized carbons (Fsp3) is 0.176. The summed E-state index contributed by atoms with van der Waals surface area (Å²) >= 11 is 3.32. The number of carbonyl (C=O) groups is 2. The van der Waals surface area contributed by atoms with Gasteiger partial charge in [0.25, 0.3) is 5.69 Å². The Balaban J connectivity index is 1.78. The van der Waals surface area contributed by atoms with Crippen molar-refractivity contribution >= 4 is 44.8 Å². The molecule has 8 heteroatoms. The molecule has 2 amide bonds. The van der Waals surface area contributed by atoms with Crippen LogP contribution in [0.3, 0.4) is 0 Å². The lowest BCUT2D eigenvalue weighted by Crippen LogP contribution is -2.40. The van der Waals surface area contributed by atoms with E-state index in [1.54, 1.807) is 24.3 Å². The number of non-ortho nitro benzene ring substituents is 1. The van der Waals surface area contributed by atoms with Crippen molar-refractivity contribution in [1.29, 1.82) is 0 Å². The van der Waals surface area contributed by atoms with Crippen LogP contribution < -0.4 is 10.2 Å². The number of amides is 2. The molecule has 1 N–H and O–H groups in total. The lowest BCUT2D eigenvalue weighted by molar-refractivity contribution is -0.384. The van der Waals surface area contributed by atoms with E-state index in [0.717, 1.165) is 4.47 Å². The molecule has 128 valence electrons. The van der Waals surface area contributed by atoms with E-state index in [4.69, 9.17) is 0 Å². The minimum atomic E-state index is -0.471. The lowest BCUT2D eigenvalue weighted by Gasteiger charge is -2.28. The molecule has 0 spiro atoms. The molecule has 0 bridgehead atoms. The van der Waals surface area contributed by atoms with Gasteiger partial charge in [-0.1, -0.05) is 15.9 Å². The first-order valence-electron chi connectivity index (χ1n) is 7.57. The second kappa shape index (κ2) is 7.02. The van der Waals surface area contributed by atoms with E-state index >= 15 is 0 Å². The number of nitrogens with one attached hydrogen (secondary N) is 1. The highest BCUT2D eigenvalue weighted by Gasteiger charge is 2.27. The summed E-state index contributed by atoms with van der Waals surface area (Å²) in [6, 6.07) is 11.4. The smallest absolute Gasteiger partial charge is 0.269 e. The van der Waals surface area contributed by atoms with Crippen LogP contribution in [0.2, 0.25) is 0 Å². The van der Waals surface area contributed by atoms with Crippen LogP contribution in [0.1, 0.15) is 12.0 Å². The zero-order valence-electron chi connectivity index (χ0n) is 13.1. The molecule has 0 atom stereocenters. The number of hydrogen-bond donors (Lipinski definition) is 1. The first-order valence-corrected chi connectivity index (χ1v) is 8.36. The average Bonchev–Trinajstić information content (AvgIpc) is 2.59. The standard InChI is InChI=1S/C17H14BrN3O4/c18-12-2-4-13(5-3-12)19-16(22)10-20-15-7-6-14(21(24)25)9-11(15)1-8-17(20)23/h2-7,9H,1,8,10H2,(H,19,22). The molecule has 1 aliphatic rings. The molecule has 2 aromatic rings. The van der Waals surface area contributed by atoms with E-state index in [0.29, 0.717) is 23.4 Å². The maximum Gasteiger partial charge on any atom is 0.269 e. The number of nitrogens with zero attached hydrogens (tertiary/aromatic N) is 2. The zero-order valence-corrected chi connectivity index (χ0v) is 14.7. The lowest BCUT2D eigenvalue weighted by atomic mass is 10.0. The predicted molar refractivity (Wildman–Crippen MR) is 96.5 cm³/mol. The monoisotopic (exact) mass is 403 g/mol. The molecule has 0 unspecified atom stereocenters. The summed E-state index contributed by atoms with van der Waals surface area (Å²) < 4.78 is 0.896. The van der Waals surface area contributed by atoms with Gasteiger partial charge in [0.2, 0.25) is 11.8 Å². The van der Waals surface area contributed by atoms with Crippen molar-refractivity contribution in [2.75, 3.05) is 16.8 Å². The maximum atomic E-state index is 12.3. The summed E-state index contributed by atoms with van der Waals surface area (Å²) in [6.07, 6.45) is 0.653. The third kappa shape index (κ3) is 3.85. The van der Waals surface area contributed by atoms with Gasteiger partial charge in [-0.05, 0) is 42.3 Å². The molecule has 0 radical (unpaired) electrons. The SMILES string of the molecule is O=C(CN1C(=O)CCc2cc([N+](=O)[O-])ccc21)Nc1ccc(Br)cc1. The van der Waals surface area contributed by atoms with E-state index in [-0.39, 0.29) is 30.5 Å². The van der Waals surface area contributed by atoms with Gasteiger partial charge in [-0.25, -0.2) is 0 Å². The van der Waals surface area contributed by atoms with Gasteiger partial charge in [0.05, 0.1) is 4.92 Å². The van der Waals surface area contributed by atoms with E-state index in [2.05, 4.69) is 21.2 Å². The van der Waals surface area contributed by atoms with Crippen LogP contribution in [0, 0.1) is 10.1 Å². The van der Waals surface area contributed by atoms with Crippen molar-refractivity contribution in [3.63, 3.8) is 0 Å². The number of hydrogen-bond acceptors (Lipinski definition) is 4. The van der Waals surface area contributed by atoms with Crippen LogP contribution in [-0.2, 0) is 16.0 Å². The summed E-state index contributed by atoms with van der Waals surface area (Å²) in [5.74, 6) is -0.505. The average molecular weight is 404 g/mol. The van der Waals surface area contributed by atoms with Gasteiger partial charge in [-0.2, -0.15) is 0 Å². The minimum Gasteiger partial charge on any atom is -0.325 e. The number of nitro groups is 1. The molecule has 2 aromatic carbocycles. The summed E-state index contributed by atoms with van der Waals surface area (Å²) in [6.45, 7) is -0.139. The summed E-state index contributed by atoms with van der Waals surface area (Å²) in [7, 11) is 0. The van der Waals surface area contributed by atoms with E-state index in [1.807, 2.05) is 0 Å². The second-order valence-corrected chi connectivity index (χ2v) is 6.52. The molecule has 1 heterocycles. The first kappa shape index (κ1) is 17.1. The number of benzene rings is 2. The van der Waals surface area contributed by atoms with Crippen LogP contribution in [-0.4, -0.2) is 23.3 Å². The predicted octanol–water partition coefficient (Wildman–Crippen LogP) is 3.28. The largest absolute Gasteiger partial charge is 0.325 e. The Bertz CT molecular complexity index is 851. The summed E-state index contributed by atoms with van der Waals surface area (Å²) in [5.41, 5.74) is 1.85. The van der Waals surface area contributed by atoms with Crippen LogP contribution in [0.5, 0.6) is 0 Å². The van der Waals surface area contributed by atoms with Crippen molar-refractivity contribution in [1.82, 2.24) is 0 Å². The van der Waals surface area contributed by atoms with Gasteiger partial charge in [0, 0.05) is 34.4 Å². The highest BCUT2D eigenvalue weighted by atomic mass is 79.9. The minimum absolute atomic E-state index is 0.0210. The number of aryl methyl sites for hydroxylation is 1. The summed E-state index contributed by atoms with van der Waals surface area (Å²) in [5, 5.41) is 13.6. The normalized spacial score (nSPS) is 13.3. The third-order valence-electron chi connectivity index (χ3n) is 3.90. The van der Waals surface area contributed by atoms with Crippen molar-refractivity contribution in [3.8, 4) is 0 Å².